The molecule has 0 radical (unpaired) electrons. The molecule has 3 rings (SSSR count). The Balaban J connectivity index is 2.13. The molecular formula is C21H32O2. The number of aliphatic hydroxyl groups excluding tert-OH is 1. The van der Waals surface area contributed by atoms with Gasteiger partial charge in [0.2, 0.25) is 0 Å². The minimum Gasteiger partial charge on any atom is -0.496 e. The Hall–Kier alpha value is -1.02. The fourth-order valence-electron chi connectivity index (χ4n) is 5.36. The van der Waals surface area contributed by atoms with Crippen molar-refractivity contribution in [3.05, 3.63) is 28.8 Å². The van der Waals surface area contributed by atoms with Crippen molar-refractivity contribution in [3.8, 4) is 5.75 Å². The normalized spacial score (nSPS) is 32.3. The summed E-state index contributed by atoms with van der Waals surface area (Å²) in [5, 5.41) is 10.5. The summed E-state index contributed by atoms with van der Waals surface area (Å²) in [7, 11) is 1.78. The van der Waals surface area contributed by atoms with Gasteiger partial charge in [-0.05, 0) is 71.1 Å². The molecule has 3 atom stereocenters. The summed E-state index contributed by atoms with van der Waals surface area (Å²) in [4.78, 5) is 0. The van der Waals surface area contributed by atoms with Crippen molar-refractivity contribution in [1.29, 1.82) is 0 Å². The highest BCUT2D eigenvalue weighted by Crippen LogP contribution is 2.57. The summed E-state index contributed by atoms with van der Waals surface area (Å²) in [5.74, 6) is 2.04. The second-order valence-corrected chi connectivity index (χ2v) is 8.79. The van der Waals surface area contributed by atoms with E-state index in [2.05, 4.69) is 46.8 Å². The van der Waals surface area contributed by atoms with Crippen molar-refractivity contribution in [2.24, 2.45) is 11.3 Å². The maximum atomic E-state index is 10.5. The Kier molecular flexibility index (Phi) is 4.03. The molecule has 0 saturated heterocycles. The van der Waals surface area contributed by atoms with Gasteiger partial charge in [-0.25, -0.2) is 0 Å². The zero-order valence-corrected chi connectivity index (χ0v) is 15.6. The van der Waals surface area contributed by atoms with E-state index in [9.17, 15) is 5.11 Å². The third-order valence-corrected chi connectivity index (χ3v) is 6.86. The fraction of sp³-hybridized carbons (Fsp3) is 0.714. The standard InChI is InChI=1S/C21H32O2/c1-13(2)15-11-14-7-8-18-20(3,4)19(22)9-10-21(18,5)16(14)12-17(15)23-6/h11-13,18-19,22H,7-10H2,1-6H3/t18-,19+,21+/m0/s1. The lowest BCUT2D eigenvalue weighted by Gasteiger charge is -2.56. The molecule has 0 spiro atoms. The van der Waals surface area contributed by atoms with Crippen molar-refractivity contribution >= 4 is 0 Å². The van der Waals surface area contributed by atoms with Crippen LogP contribution in [0.2, 0.25) is 0 Å². The number of methoxy groups -OCH3 is 1. The summed E-state index contributed by atoms with van der Waals surface area (Å²) in [6.07, 6.45) is 4.08. The quantitative estimate of drug-likeness (QED) is 0.847. The molecule has 2 heteroatoms. The largest absolute Gasteiger partial charge is 0.496 e. The molecule has 1 aromatic carbocycles. The number of hydrogen-bond donors (Lipinski definition) is 1. The highest BCUT2D eigenvalue weighted by Gasteiger charge is 2.53. The molecular weight excluding hydrogens is 284 g/mol. The Morgan fingerprint density at radius 3 is 2.48 bits per heavy atom. The fourth-order valence-corrected chi connectivity index (χ4v) is 5.36. The summed E-state index contributed by atoms with van der Waals surface area (Å²) >= 11 is 0. The number of aliphatic hydroxyl groups is 1. The number of ether oxygens (including phenoxy) is 1. The highest BCUT2D eigenvalue weighted by molar-refractivity contribution is 5.49. The van der Waals surface area contributed by atoms with Crippen LogP contribution in [0.15, 0.2) is 12.1 Å². The molecule has 1 aromatic rings. The maximum absolute atomic E-state index is 10.5. The minimum absolute atomic E-state index is 0.0192. The Morgan fingerprint density at radius 1 is 1.17 bits per heavy atom. The third kappa shape index (κ3) is 2.41. The number of hydrogen-bond acceptors (Lipinski definition) is 2. The first-order chi connectivity index (χ1) is 10.7. The van der Waals surface area contributed by atoms with E-state index in [1.807, 2.05) is 0 Å². The van der Waals surface area contributed by atoms with Crippen LogP contribution in [0.1, 0.15) is 76.5 Å². The molecule has 2 aliphatic carbocycles. The molecule has 0 heterocycles. The average molecular weight is 316 g/mol. The summed E-state index contributed by atoms with van der Waals surface area (Å²) in [6, 6.07) is 4.70. The predicted octanol–water partition coefficient (Wildman–Crippen LogP) is 4.82. The van der Waals surface area contributed by atoms with Crippen LogP contribution in [0.3, 0.4) is 0 Å². The van der Waals surface area contributed by atoms with Crippen LogP contribution in [-0.2, 0) is 11.8 Å². The Morgan fingerprint density at radius 2 is 1.87 bits per heavy atom. The highest BCUT2D eigenvalue weighted by atomic mass is 16.5. The number of fused-ring (bicyclic) bond motifs is 3. The van der Waals surface area contributed by atoms with E-state index in [0.717, 1.165) is 25.0 Å². The molecule has 0 bridgehead atoms. The topological polar surface area (TPSA) is 29.5 Å². The van der Waals surface area contributed by atoms with Gasteiger partial charge in [-0.1, -0.05) is 40.7 Å². The van der Waals surface area contributed by atoms with E-state index in [1.165, 1.54) is 23.1 Å². The van der Waals surface area contributed by atoms with Gasteiger partial charge in [0, 0.05) is 0 Å². The van der Waals surface area contributed by atoms with Crippen molar-refractivity contribution in [3.63, 3.8) is 0 Å². The van der Waals surface area contributed by atoms with Gasteiger partial charge in [-0.2, -0.15) is 0 Å². The Bertz CT molecular complexity index is 602. The molecule has 0 aliphatic heterocycles. The van der Waals surface area contributed by atoms with Crippen molar-refractivity contribution in [2.45, 2.75) is 77.7 Å². The predicted molar refractivity (Wildman–Crippen MR) is 95.3 cm³/mol. The van der Waals surface area contributed by atoms with Crippen LogP contribution in [0.25, 0.3) is 0 Å². The second-order valence-electron chi connectivity index (χ2n) is 8.79. The van der Waals surface area contributed by atoms with Crippen LogP contribution in [-0.4, -0.2) is 18.3 Å². The van der Waals surface area contributed by atoms with Gasteiger partial charge in [0.25, 0.3) is 0 Å². The number of rotatable bonds is 2. The van der Waals surface area contributed by atoms with E-state index in [0.29, 0.717) is 11.8 Å². The van der Waals surface area contributed by atoms with Crippen LogP contribution in [0.5, 0.6) is 5.75 Å². The smallest absolute Gasteiger partial charge is 0.122 e. The first-order valence-corrected chi connectivity index (χ1v) is 9.11. The number of benzene rings is 1. The molecule has 2 aliphatic rings. The van der Waals surface area contributed by atoms with E-state index in [-0.39, 0.29) is 16.9 Å². The van der Waals surface area contributed by atoms with E-state index in [4.69, 9.17) is 4.74 Å². The SMILES string of the molecule is COc1cc2c(cc1C(C)C)CC[C@H]1C(C)(C)[C@H](O)CC[C@]21C. The van der Waals surface area contributed by atoms with Gasteiger partial charge in [0.05, 0.1) is 13.2 Å². The van der Waals surface area contributed by atoms with Crippen molar-refractivity contribution in [2.75, 3.05) is 7.11 Å². The van der Waals surface area contributed by atoms with Gasteiger partial charge < -0.3 is 9.84 Å². The van der Waals surface area contributed by atoms with Gasteiger partial charge >= 0.3 is 0 Å². The van der Waals surface area contributed by atoms with Gasteiger partial charge in [0.1, 0.15) is 5.75 Å². The van der Waals surface area contributed by atoms with E-state index in [1.54, 1.807) is 7.11 Å². The number of aryl methyl sites for hydroxylation is 1. The lowest BCUT2D eigenvalue weighted by atomic mass is 9.49. The molecule has 2 nitrogen and oxygen atoms in total. The molecule has 1 N–H and O–H groups in total. The summed E-state index contributed by atoms with van der Waals surface area (Å²) in [6.45, 7) is 11.4. The van der Waals surface area contributed by atoms with Crippen molar-refractivity contribution < 1.29 is 9.84 Å². The molecule has 128 valence electrons. The third-order valence-electron chi connectivity index (χ3n) is 6.86. The first kappa shape index (κ1) is 16.8. The molecule has 23 heavy (non-hydrogen) atoms. The van der Waals surface area contributed by atoms with Crippen molar-refractivity contribution in [1.82, 2.24) is 0 Å². The molecule has 1 fully saturated rings. The Labute approximate surface area is 141 Å². The van der Waals surface area contributed by atoms with Gasteiger partial charge in [-0.3, -0.25) is 0 Å². The molecule has 0 aromatic heterocycles. The monoisotopic (exact) mass is 316 g/mol. The zero-order valence-electron chi connectivity index (χ0n) is 15.6. The second kappa shape index (κ2) is 5.51. The lowest BCUT2D eigenvalue weighted by Crippen LogP contribution is -2.53. The zero-order chi connectivity index (χ0) is 17.0. The van der Waals surface area contributed by atoms with Gasteiger partial charge in [-0.15, -0.1) is 0 Å². The molecule has 0 unspecified atom stereocenters. The summed E-state index contributed by atoms with van der Waals surface area (Å²) in [5.41, 5.74) is 4.42. The van der Waals surface area contributed by atoms with E-state index >= 15 is 0 Å². The maximum Gasteiger partial charge on any atom is 0.122 e. The minimum atomic E-state index is -0.182. The van der Waals surface area contributed by atoms with Crippen LogP contribution in [0.4, 0.5) is 0 Å². The first-order valence-electron chi connectivity index (χ1n) is 9.11. The lowest BCUT2D eigenvalue weighted by molar-refractivity contribution is -0.0731. The van der Waals surface area contributed by atoms with Crippen LogP contribution in [0, 0.1) is 11.3 Å². The molecule has 0 amide bonds. The molecule has 1 saturated carbocycles. The van der Waals surface area contributed by atoms with E-state index < -0.39 is 0 Å². The average Bonchev–Trinajstić information content (AvgIpc) is 2.50. The summed E-state index contributed by atoms with van der Waals surface area (Å²) < 4.78 is 5.72. The van der Waals surface area contributed by atoms with Gasteiger partial charge in [0.15, 0.2) is 0 Å². The van der Waals surface area contributed by atoms with Crippen LogP contribution >= 0.6 is 0 Å². The van der Waals surface area contributed by atoms with Crippen LogP contribution < -0.4 is 4.74 Å².